The van der Waals surface area contributed by atoms with E-state index in [0.29, 0.717) is 5.57 Å². The van der Waals surface area contributed by atoms with E-state index in [2.05, 4.69) is 20.4 Å². The molecule has 0 radical (unpaired) electrons. The molecule has 1 aliphatic rings. The van der Waals surface area contributed by atoms with Crippen molar-refractivity contribution in [3.05, 3.63) is 11.6 Å². The number of nitrogens with zero attached hydrogens (tertiary/aromatic N) is 1. The molecule has 0 saturated heterocycles. The third kappa shape index (κ3) is 7.72. The van der Waals surface area contributed by atoms with Crippen LogP contribution in [-0.2, 0) is 23.8 Å². The molecule has 10 heteroatoms. The zero-order valence-corrected chi connectivity index (χ0v) is 17.7. The summed E-state index contributed by atoms with van der Waals surface area (Å²) in [5.41, 5.74) is 6.18. The second-order valence-electron chi connectivity index (χ2n) is 6.58. The predicted octanol–water partition coefficient (Wildman–Crippen LogP) is 0.997. The number of methoxy groups -OCH3 is 1. The summed E-state index contributed by atoms with van der Waals surface area (Å²) >= 11 is 0. The van der Waals surface area contributed by atoms with Gasteiger partial charge in [0.15, 0.2) is 5.96 Å². The fourth-order valence-electron chi connectivity index (χ4n) is 3.05. The molecule has 164 valence electrons. The van der Waals surface area contributed by atoms with Gasteiger partial charge < -0.3 is 25.3 Å². The summed E-state index contributed by atoms with van der Waals surface area (Å²) < 4.78 is 15.8. The molecule has 0 aromatic heterocycles. The Morgan fingerprint density at radius 1 is 1.28 bits per heavy atom. The molecule has 0 fully saturated rings. The van der Waals surface area contributed by atoms with Crippen molar-refractivity contribution in [2.45, 2.75) is 71.2 Å². The molecule has 1 rings (SSSR count). The molecule has 0 aromatic rings. The molecule has 0 heterocycles. The number of ether oxygens (including phenoxy) is 3. The van der Waals surface area contributed by atoms with Gasteiger partial charge in [-0.25, -0.2) is 14.6 Å². The van der Waals surface area contributed by atoms with Crippen LogP contribution in [0.4, 0.5) is 4.79 Å². The molecule has 10 nitrogen and oxygen atoms in total. The van der Waals surface area contributed by atoms with Gasteiger partial charge in [-0.1, -0.05) is 13.8 Å². The van der Waals surface area contributed by atoms with Gasteiger partial charge in [-0.05, 0) is 25.8 Å². The van der Waals surface area contributed by atoms with Gasteiger partial charge in [0.05, 0.1) is 38.0 Å². The highest BCUT2D eigenvalue weighted by molar-refractivity contribution is 5.93. The summed E-state index contributed by atoms with van der Waals surface area (Å²) in [6.07, 6.45) is 1.91. The normalized spacial score (nSPS) is 21.9. The van der Waals surface area contributed by atoms with E-state index in [0.717, 1.165) is 12.8 Å². The largest absolute Gasteiger partial charge is 0.463 e. The molecule has 4 N–H and O–H groups in total. The summed E-state index contributed by atoms with van der Waals surface area (Å²) in [7, 11) is 1.20. The van der Waals surface area contributed by atoms with Crippen LogP contribution in [0.15, 0.2) is 16.6 Å². The van der Waals surface area contributed by atoms with Crippen molar-refractivity contribution in [2.75, 3.05) is 13.7 Å². The van der Waals surface area contributed by atoms with Gasteiger partial charge in [0, 0.05) is 18.9 Å². The summed E-state index contributed by atoms with van der Waals surface area (Å²) in [5.74, 6) is -0.948. The Labute approximate surface area is 171 Å². The molecule has 0 saturated carbocycles. The van der Waals surface area contributed by atoms with Crippen LogP contribution in [-0.4, -0.2) is 61.9 Å². The maximum Gasteiger partial charge on any atom is 0.413 e. The van der Waals surface area contributed by atoms with Gasteiger partial charge in [0.2, 0.25) is 5.91 Å². The quantitative estimate of drug-likeness (QED) is 0.307. The number of hydrogen-bond donors (Lipinski definition) is 3. The van der Waals surface area contributed by atoms with Crippen LogP contribution in [0.1, 0.15) is 47.0 Å². The van der Waals surface area contributed by atoms with Crippen LogP contribution < -0.4 is 16.4 Å². The van der Waals surface area contributed by atoms with Crippen LogP contribution in [0, 0.1) is 0 Å². The maximum absolute atomic E-state index is 12.3. The highest BCUT2D eigenvalue weighted by atomic mass is 16.5. The lowest BCUT2D eigenvalue weighted by Gasteiger charge is -2.36. The van der Waals surface area contributed by atoms with Crippen molar-refractivity contribution in [3.63, 3.8) is 0 Å². The zero-order valence-electron chi connectivity index (χ0n) is 17.7. The van der Waals surface area contributed by atoms with Crippen LogP contribution in [0.25, 0.3) is 0 Å². The number of carbonyl (C=O) groups excluding carboxylic acids is 3. The van der Waals surface area contributed by atoms with Gasteiger partial charge in [-0.2, -0.15) is 0 Å². The number of nitrogens with one attached hydrogen (secondary N) is 2. The van der Waals surface area contributed by atoms with Crippen LogP contribution >= 0.6 is 0 Å². The second kappa shape index (κ2) is 12.1. The zero-order chi connectivity index (χ0) is 22.0. The van der Waals surface area contributed by atoms with E-state index in [-0.39, 0.29) is 31.0 Å². The third-order valence-electron chi connectivity index (χ3n) is 4.45. The summed E-state index contributed by atoms with van der Waals surface area (Å²) in [6, 6.07) is -1.23. The Bertz CT molecular complexity index is 645. The lowest BCUT2D eigenvalue weighted by Crippen LogP contribution is -2.54. The number of carbonyl (C=O) groups is 3. The lowest BCUT2D eigenvalue weighted by molar-refractivity contribution is -0.139. The third-order valence-corrected chi connectivity index (χ3v) is 4.45. The first-order valence-electron chi connectivity index (χ1n) is 9.74. The molecule has 0 bridgehead atoms. The van der Waals surface area contributed by atoms with E-state index in [1.54, 1.807) is 13.0 Å². The first-order chi connectivity index (χ1) is 13.7. The average Bonchev–Trinajstić information content (AvgIpc) is 2.67. The SMILES string of the molecule is CCOC(=O)C1=CC(OC(CC)CC)C(NC(C)=O)C(N=C(N)NC(=O)OC)C1. The average molecular weight is 412 g/mol. The molecule has 0 aromatic carbocycles. The van der Waals surface area contributed by atoms with Crippen molar-refractivity contribution in [1.29, 1.82) is 0 Å². The van der Waals surface area contributed by atoms with Gasteiger partial charge in [0.1, 0.15) is 0 Å². The number of rotatable bonds is 8. The van der Waals surface area contributed by atoms with E-state index in [4.69, 9.17) is 15.2 Å². The minimum absolute atomic E-state index is 0.0655. The molecule has 29 heavy (non-hydrogen) atoms. The van der Waals surface area contributed by atoms with Gasteiger partial charge >= 0.3 is 12.1 Å². The Balaban J connectivity index is 3.28. The first kappa shape index (κ1) is 24.4. The number of nitrogens with two attached hydrogens (primary N) is 1. The van der Waals surface area contributed by atoms with Crippen molar-refractivity contribution in [2.24, 2.45) is 10.7 Å². The summed E-state index contributed by atoms with van der Waals surface area (Å²) in [4.78, 5) is 39.9. The van der Waals surface area contributed by atoms with E-state index in [1.165, 1.54) is 14.0 Å². The number of guanidine groups is 1. The Kier molecular flexibility index (Phi) is 10.1. The van der Waals surface area contributed by atoms with Gasteiger partial charge in [0.25, 0.3) is 0 Å². The first-order valence-corrected chi connectivity index (χ1v) is 9.74. The number of alkyl carbamates (subject to hydrolysis) is 1. The molecule has 3 atom stereocenters. The molecule has 2 amide bonds. The van der Waals surface area contributed by atoms with Crippen molar-refractivity contribution < 1.29 is 28.6 Å². The minimum atomic E-state index is -0.774. The number of hydrogen-bond acceptors (Lipinski definition) is 7. The number of amides is 2. The van der Waals surface area contributed by atoms with Gasteiger partial charge in [-0.15, -0.1) is 0 Å². The molecule has 1 aliphatic carbocycles. The molecule has 3 unspecified atom stereocenters. The molecule has 0 aliphatic heterocycles. The van der Waals surface area contributed by atoms with E-state index < -0.39 is 30.3 Å². The summed E-state index contributed by atoms with van der Waals surface area (Å²) in [6.45, 7) is 7.31. The fraction of sp³-hybridized carbons (Fsp3) is 0.684. The van der Waals surface area contributed by atoms with Crippen molar-refractivity contribution >= 4 is 23.9 Å². The predicted molar refractivity (Wildman–Crippen MR) is 107 cm³/mol. The van der Waals surface area contributed by atoms with E-state index >= 15 is 0 Å². The second-order valence-corrected chi connectivity index (χ2v) is 6.58. The fourth-order valence-corrected chi connectivity index (χ4v) is 3.05. The summed E-state index contributed by atoms with van der Waals surface area (Å²) in [5, 5.41) is 5.11. The van der Waals surface area contributed by atoms with Crippen molar-refractivity contribution in [1.82, 2.24) is 10.6 Å². The minimum Gasteiger partial charge on any atom is -0.463 e. The molecular weight excluding hydrogens is 380 g/mol. The Hall–Kier alpha value is -2.62. The smallest absolute Gasteiger partial charge is 0.413 e. The standard InChI is InChI=1S/C19H32N4O6/c1-6-13(7-2)29-15-10-12(17(25)28-8-3)9-14(16(15)21-11(4)24)22-18(20)23-19(26)27-5/h10,13-16H,6-9H2,1-5H3,(H,21,24)(H3,20,22,23,26). The van der Waals surface area contributed by atoms with Crippen LogP contribution in [0.3, 0.4) is 0 Å². The molecular formula is C19H32N4O6. The van der Waals surface area contributed by atoms with Crippen molar-refractivity contribution in [3.8, 4) is 0 Å². The lowest BCUT2D eigenvalue weighted by atomic mass is 9.88. The topological polar surface area (TPSA) is 141 Å². The van der Waals surface area contributed by atoms with Crippen LogP contribution in [0.2, 0.25) is 0 Å². The highest BCUT2D eigenvalue weighted by Crippen LogP contribution is 2.27. The monoisotopic (exact) mass is 412 g/mol. The maximum atomic E-state index is 12.3. The number of aliphatic imine (C=N–C) groups is 1. The van der Waals surface area contributed by atoms with Gasteiger partial charge in [-0.3, -0.25) is 10.1 Å². The number of esters is 1. The highest BCUT2D eigenvalue weighted by Gasteiger charge is 2.38. The molecule has 0 spiro atoms. The Morgan fingerprint density at radius 3 is 2.45 bits per heavy atom. The van der Waals surface area contributed by atoms with E-state index in [9.17, 15) is 14.4 Å². The van der Waals surface area contributed by atoms with E-state index in [1.807, 2.05) is 13.8 Å². The van der Waals surface area contributed by atoms with Crippen LogP contribution in [0.5, 0.6) is 0 Å². The Morgan fingerprint density at radius 2 is 1.93 bits per heavy atom.